The molecule has 1 N–H and O–H groups in total. The van der Waals surface area contributed by atoms with Crippen LogP contribution in [0.2, 0.25) is 0 Å². The van der Waals surface area contributed by atoms with Gasteiger partial charge in [0.1, 0.15) is 12.4 Å². The lowest BCUT2D eigenvalue weighted by molar-refractivity contribution is 0.262. The van der Waals surface area contributed by atoms with Crippen molar-refractivity contribution in [3.05, 3.63) is 104 Å². The van der Waals surface area contributed by atoms with Crippen LogP contribution in [0.4, 0.5) is 0 Å². The molecule has 0 spiro atoms. The van der Waals surface area contributed by atoms with Crippen LogP contribution in [0.3, 0.4) is 0 Å². The van der Waals surface area contributed by atoms with Gasteiger partial charge < -0.3 is 9.72 Å². The quantitative estimate of drug-likeness (QED) is 0.609. The molecule has 31 heavy (non-hydrogen) atoms. The topological polar surface area (TPSA) is 25.0 Å². The van der Waals surface area contributed by atoms with Crippen LogP contribution in [0.1, 0.15) is 57.7 Å². The number of hydrogen-bond acceptors (Lipinski definition) is 1. The van der Waals surface area contributed by atoms with Crippen molar-refractivity contribution in [2.24, 2.45) is 0 Å². The molecule has 2 aromatic carbocycles. The molecule has 2 aliphatic rings. The number of nitrogens with one attached hydrogen (secondary N) is 1. The van der Waals surface area contributed by atoms with E-state index in [2.05, 4.69) is 80.4 Å². The molecule has 158 valence electrons. The van der Waals surface area contributed by atoms with E-state index in [9.17, 15) is 0 Å². The van der Waals surface area contributed by atoms with Gasteiger partial charge >= 0.3 is 0 Å². The molecule has 0 aliphatic heterocycles. The fraction of sp³-hybridized carbons (Fsp3) is 0.310. The minimum Gasteiger partial charge on any atom is -0.487 e. The number of aromatic nitrogens is 1. The van der Waals surface area contributed by atoms with Crippen LogP contribution in [-0.4, -0.2) is 4.98 Å². The minimum atomic E-state index is 0.380. The number of benzene rings is 2. The lowest BCUT2D eigenvalue weighted by Crippen LogP contribution is -2.22. The van der Waals surface area contributed by atoms with E-state index in [1.165, 1.54) is 56.1 Å². The Morgan fingerprint density at radius 3 is 2.58 bits per heavy atom. The first-order valence-electron chi connectivity index (χ1n) is 11.5. The van der Waals surface area contributed by atoms with Crippen molar-refractivity contribution < 1.29 is 4.74 Å². The van der Waals surface area contributed by atoms with Crippen LogP contribution in [0.15, 0.2) is 54.6 Å². The Morgan fingerprint density at radius 2 is 1.81 bits per heavy atom. The van der Waals surface area contributed by atoms with E-state index in [0.29, 0.717) is 12.5 Å². The van der Waals surface area contributed by atoms with Crippen molar-refractivity contribution >= 4 is 11.8 Å². The molecule has 2 heteroatoms. The summed E-state index contributed by atoms with van der Waals surface area (Å²) in [7, 11) is 0. The van der Waals surface area contributed by atoms with Crippen LogP contribution in [0.5, 0.6) is 0 Å². The van der Waals surface area contributed by atoms with E-state index >= 15 is 0 Å². The van der Waals surface area contributed by atoms with Gasteiger partial charge in [0.05, 0.1) is 5.35 Å². The summed E-state index contributed by atoms with van der Waals surface area (Å²) < 4.78 is 6.32. The summed E-state index contributed by atoms with van der Waals surface area (Å²) in [6.45, 7) is 7.29. The van der Waals surface area contributed by atoms with E-state index < -0.39 is 0 Å². The summed E-state index contributed by atoms with van der Waals surface area (Å²) in [5.74, 6) is 1.35. The third kappa shape index (κ3) is 3.87. The van der Waals surface area contributed by atoms with Crippen LogP contribution >= 0.6 is 0 Å². The number of hydrogen-bond donors (Lipinski definition) is 1. The summed E-state index contributed by atoms with van der Waals surface area (Å²) in [5, 5.41) is 2.50. The average Bonchev–Trinajstić information content (AvgIpc) is 3.16. The number of rotatable bonds is 5. The maximum absolute atomic E-state index is 6.32. The summed E-state index contributed by atoms with van der Waals surface area (Å²) >= 11 is 0. The molecular weight excluding hydrogens is 378 g/mol. The zero-order valence-electron chi connectivity index (χ0n) is 18.8. The zero-order valence-corrected chi connectivity index (χ0v) is 18.8. The second-order valence-electron chi connectivity index (χ2n) is 9.09. The van der Waals surface area contributed by atoms with E-state index in [4.69, 9.17) is 4.74 Å². The smallest absolute Gasteiger partial charge is 0.143 e. The molecule has 0 amide bonds. The molecule has 2 aliphatic carbocycles. The molecule has 1 unspecified atom stereocenters. The van der Waals surface area contributed by atoms with Gasteiger partial charge in [0.2, 0.25) is 0 Å². The molecule has 3 aromatic rings. The maximum Gasteiger partial charge on any atom is 0.143 e. The van der Waals surface area contributed by atoms with Gasteiger partial charge in [-0.25, -0.2) is 0 Å². The number of aromatic amines is 1. The molecule has 5 rings (SSSR count). The van der Waals surface area contributed by atoms with Crippen molar-refractivity contribution in [3.8, 4) is 0 Å². The Kier molecular flexibility index (Phi) is 5.31. The zero-order chi connectivity index (χ0) is 21.4. The number of allylic oxidation sites excluding steroid dienone is 1. The summed E-state index contributed by atoms with van der Waals surface area (Å²) in [5.41, 5.74) is 9.78. The first-order valence-corrected chi connectivity index (χ1v) is 11.5. The van der Waals surface area contributed by atoms with Gasteiger partial charge in [-0.1, -0.05) is 60.2 Å². The molecular formula is C29H31NO. The Labute approximate surface area is 185 Å². The fourth-order valence-corrected chi connectivity index (χ4v) is 5.31. The van der Waals surface area contributed by atoms with Crippen molar-refractivity contribution in [2.45, 2.75) is 59.0 Å². The molecule has 0 fully saturated rings. The highest BCUT2D eigenvalue weighted by atomic mass is 16.5. The highest BCUT2D eigenvalue weighted by Crippen LogP contribution is 2.30. The molecule has 1 heterocycles. The second-order valence-corrected chi connectivity index (χ2v) is 9.09. The highest BCUT2D eigenvalue weighted by Gasteiger charge is 2.25. The van der Waals surface area contributed by atoms with Crippen molar-refractivity contribution in [3.63, 3.8) is 0 Å². The van der Waals surface area contributed by atoms with Crippen LogP contribution in [0.25, 0.3) is 11.8 Å². The lowest BCUT2D eigenvalue weighted by Gasteiger charge is -2.22. The largest absolute Gasteiger partial charge is 0.487 e. The van der Waals surface area contributed by atoms with Crippen LogP contribution in [0, 0.1) is 20.8 Å². The number of fused-ring (bicyclic) bond motifs is 3. The van der Waals surface area contributed by atoms with Crippen LogP contribution < -0.4 is 10.7 Å². The SMILES string of the molecule is Cc1cc(C)c(CC2C=CC(OCc3ccccc3)=c3[nH]c4c(c32)CCCC=4)c(C)c1. The number of H-pyrrole nitrogens is 1. The first kappa shape index (κ1) is 19.9. The van der Waals surface area contributed by atoms with Gasteiger partial charge in [-0.2, -0.15) is 0 Å². The van der Waals surface area contributed by atoms with E-state index in [1.807, 2.05) is 6.07 Å². The van der Waals surface area contributed by atoms with Gasteiger partial charge in [-0.3, -0.25) is 0 Å². The van der Waals surface area contributed by atoms with E-state index in [0.717, 1.165) is 25.0 Å². The molecule has 2 nitrogen and oxygen atoms in total. The predicted octanol–water partition coefficient (Wildman–Crippen LogP) is 5.28. The first-order chi connectivity index (χ1) is 15.1. The molecule has 1 aromatic heterocycles. The minimum absolute atomic E-state index is 0.380. The lowest BCUT2D eigenvalue weighted by atomic mass is 9.83. The Morgan fingerprint density at radius 1 is 1.03 bits per heavy atom. The summed E-state index contributed by atoms with van der Waals surface area (Å²) in [6.07, 6.45) is 11.5. The number of aryl methyl sites for hydroxylation is 3. The molecule has 0 bridgehead atoms. The highest BCUT2D eigenvalue weighted by molar-refractivity contribution is 5.58. The Bertz CT molecular complexity index is 1240. The fourth-order valence-electron chi connectivity index (χ4n) is 5.31. The van der Waals surface area contributed by atoms with Crippen molar-refractivity contribution in [1.82, 2.24) is 4.98 Å². The third-order valence-electron chi connectivity index (χ3n) is 6.76. The average molecular weight is 410 g/mol. The summed E-state index contributed by atoms with van der Waals surface area (Å²) in [4.78, 5) is 3.73. The standard InChI is InChI=1S/C29H31NO/c1-19-15-20(2)25(21(3)16-19)17-23-13-14-27(31-18-22-9-5-4-6-10-22)29-28(23)24-11-7-8-12-26(24)30-29/h4-6,9-10,12-16,23,30H,7-8,11,17-18H2,1-3H3. The normalized spacial score (nSPS) is 17.1. The molecule has 0 saturated carbocycles. The van der Waals surface area contributed by atoms with Gasteiger partial charge in [-0.15, -0.1) is 0 Å². The molecule has 1 atom stereocenters. The van der Waals surface area contributed by atoms with Gasteiger partial charge in [-0.05, 0) is 85.9 Å². The van der Waals surface area contributed by atoms with Crippen molar-refractivity contribution in [2.75, 3.05) is 0 Å². The second kappa shape index (κ2) is 8.26. The maximum atomic E-state index is 6.32. The third-order valence-corrected chi connectivity index (χ3v) is 6.76. The molecule has 0 radical (unpaired) electrons. The van der Waals surface area contributed by atoms with Crippen LogP contribution in [-0.2, 0) is 24.2 Å². The Hall–Kier alpha value is -3.00. The predicted molar refractivity (Wildman–Crippen MR) is 128 cm³/mol. The summed E-state index contributed by atoms with van der Waals surface area (Å²) in [6, 6.07) is 15.0. The monoisotopic (exact) mass is 409 g/mol. The van der Waals surface area contributed by atoms with Gasteiger partial charge in [0, 0.05) is 11.3 Å². The Balaban J connectivity index is 1.55. The van der Waals surface area contributed by atoms with E-state index in [-0.39, 0.29) is 0 Å². The number of ether oxygens (including phenoxy) is 1. The molecule has 0 saturated heterocycles. The van der Waals surface area contributed by atoms with E-state index in [1.54, 1.807) is 0 Å². The van der Waals surface area contributed by atoms with Gasteiger partial charge in [0.25, 0.3) is 0 Å². The van der Waals surface area contributed by atoms with Crippen molar-refractivity contribution in [1.29, 1.82) is 0 Å². The van der Waals surface area contributed by atoms with Gasteiger partial charge in [0.15, 0.2) is 0 Å².